The van der Waals surface area contributed by atoms with Gasteiger partial charge in [-0.25, -0.2) is 13.1 Å². The van der Waals surface area contributed by atoms with Gasteiger partial charge in [0.2, 0.25) is 10.0 Å². The summed E-state index contributed by atoms with van der Waals surface area (Å²) in [6, 6.07) is 13.7. The van der Waals surface area contributed by atoms with E-state index < -0.39 is 10.0 Å². The van der Waals surface area contributed by atoms with E-state index in [0.717, 1.165) is 11.4 Å². The number of sulfonamides is 1. The van der Waals surface area contributed by atoms with Crippen LogP contribution >= 0.6 is 12.2 Å². The van der Waals surface area contributed by atoms with Crippen molar-refractivity contribution < 1.29 is 13.2 Å². The molecule has 8 heteroatoms. The summed E-state index contributed by atoms with van der Waals surface area (Å²) in [4.78, 5) is 0.210. The first kappa shape index (κ1) is 18.2. The summed E-state index contributed by atoms with van der Waals surface area (Å²) in [5, 5.41) is 6.44. The molecular formula is C16H19N3O3S2. The van der Waals surface area contributed by atoms with E-state index in [9.17, 15) is 8.42 Å². The van der Waals surface area contributed by atoms with Crippen molar-refractivity contribution in [1.82, 2.24) is 4.72 Å². The lowest BCUT2D eigenvalue weighted by atomic mass is 10.3. The molecule has 0 fully saturated rings. The largest absolute Gasteiger partial charge is 0.497 e. The van der Waals surface area contributed by atoms with Crippen molar-refractivity contribution in [2.24, 2.45) is 0 Å². The lowest BCUT2D eigenvalue weighted by Crippen LogP contribution is -2.23. The summed E-state index contributed by atoms with van der Waals surface area (Å²) >= 11 is 5.25. The van der Waals surface area contributed by atoms with Crippen molar-refractivity contribution in [3.05, 3.63) is 48.5 Å². The molecule has 0 aliphatic carbocycles. The molecule has 0 unspecified atom stereocenters. The van der Waals surface area contributed by atoms with Crippen LogP contribution in [0, 0.1) is 0 Å². The minimum atomic E-state index is -3.45. The minimum Gasteiger partial charge on any atom is -0.497 e. The molecule has 0 aliphatic rings. The number of thiocarbonyl (C=S) groups is 1. The van der Waals surface area contributed by atoms with Gasteiger partial charge in [0.05, 0.1) is 12.0 Å². The molecule has 2 aromatic carbocycles. The van der Waals surface area contributed by atoms with E-state index in [1.54, 1.807) is 26.2 Å². The van der Waals surface area contributed by atoms with Crippen LogP contribution < -0.4 is 20.1 Å². The van der Waals surface area contributed by atoms with E-state index >= 15 is 0 Å². The molecular weight excluding hydrogens is 346 g/mol. The summed E-state index contributed by atoms with van der Waals surface area (Å²) in [7, 11) is -1.86. The fourth-order valence-corrected chi connectivity index (χ4v) is 3.26. The Morgan fingerprint density at radius 1 is 1.08 bits per heavy atom. The highest BCUT2D eigenvalue weighted by Gasteiger charge is 2.12. The second-order valence-corrected chi connectivity index (χ2v) is 7.01. The second-order valence-electron chi connectivity index (χ2n) is 4.84. The van der Waals surface area contributed by atoms with E-state index in [2.05, 4.69) is 15.4 Å². The monoisotopic (exact) mass is 365 g/mol. The number of benzene rings is 2. The Balaban J connectivity index is 2.01. The van der Waals surface area contributed by atoms with Gasteiger partial charge in [0.15, 0.2) is 5.11 Å². The molecule has 0 amide bonds. The Kier molecular flexibility index (Phi) is 6.13. The summed E-state index contributed by atoms with van der Waals surface area (Å²) in [5.41, 5.74) is 1.48. The number of ether oxygens (including phenoxy) is 1. The maximum Gasteiger partial charge on any atom is 0.240 e. The first-order valence-corrected chi connectivity index (χ1v) is 9.15. The third-order valence-corrected chi connectivity index (χ3v) is 4.85. The average Bonchev–Trinajstić information content (AvgIpc) is 2.55. The number of anilines is 2. The van der Waals surface area contributed by atoms with Crippen LogP contribution in [0.1, 0.15) is 6.92 Å². The van der Waals surface area contributed by atoms with Crippen molar-refractivity contribution in [1.29, 1.82) is 0 Å². The zero-order valence-electron chi connectivity index (χ0n) is 13.4. The maximum absolute atomic E-state index is 11.9. The van der Waals surface area contributed by atoms with E-state index in [1.165, 1.54) is 12.1 Å². The van der Waals surface area contributed by atoms with E-state index in [4.69, 9.17) is 17.0 Å². The molecule has 128 valence electrons. The first-order chi connectivity index (χ1) is 11.4. The molecule has 0 atom stereocenters. The Morgan fingerprint density at radius 3 is 2.38 bits per heavy atom. The SMILES string of the molecule is CCNS(=O)(=O)c1ccc(NC(=S)Nc2cccc(OC)c2)cc1. The zero-order valence-corrected chi connectivity index (χ0v) is 15.0. The average molecular weight is 365 g/mol. The van der Waals surface area contributed by atoms with Crippen LogP contribution in [0.2, 0.25) is 0 Å². The van der Waals surface area contributed by atoms with Crippen molar-refractivity contribution in [2.75, 3.05) is 24.3 Å². The maximum atomic E-state index is 11.9. The van der Waals surface area contributed by atoms with E-state index in [0.29, 0.717) is 17.3 Å². The van der Waals surface area contributed by atoms with Crippen LogP contribution in [0.5, 0.6) is 5.75 Å². The van der Waals surface area contributed by atoms with Gasteiger partial charge in [-0.3, -0.25) is 0 Å². The van der Waals surface area contributed by atoms with Gasteiger partial charge in [-0.1, -0.05) is 13.0 Å². The Bertz CT molecular complexity index is 806. The molecule has 0 spiro atoms. The lowest BCUT2D eigenvalue weighted by molar-refractivity contribution is 0.415. The molecule has 2 rings (SSSR count). The predicted molar refractivity (Wildman–Crippen MR) is 100 cm³/mol. The van der Waals surface area contributed by atoms with Gasteiger partial charge < -0.3 is 15.4 Å². The Hall–Kier alpha value is -2.16. The van der Waals surface area contributed by atoms with Crippen molar-refractivity contribution in [2.45, 2.75) is 11.8 Å². The van der Waals surface area contributed by atoms with Gasteiger partial charge in [-0.05, 0) is 48.6 Å². The lowest BCUT2D eigenvalue weighted by Gasteiger charge is -2.12. The number of hydrogen-bond donors (Lipinski definition) is 3. The van der Waals surface area contributed by atoms with Crippen LogP contribution in [-0.2, 0) is 10.0 Å². The van der Waals surface area contributed by atoms with Crippen molar-refractivity contribution in [3.63, 3.8) is 0 Å². The minimum absolute atomic E-state index is 0.210. The quantitative estimate of drug-likeness (QED) is 0.683. The molecule has 24 heavy (non-hydrogen) atoms. The molecule has 0 heterocycles. The van der Waals surface area contributed by atoms with Crippen LogP contribution in [0.4, 0.5) is 11.4 Å². The van der Waals surface area contributed by atoms with Crippen molar-refractivity contribution >= 4 is 38.7 Å². The van der Waals surface area contributed by atoms with Gasteiger partial charge in [-0.2, -0.15) is 0 Å². The fourth-order valence-electron chi connectivity index (χ4n) is 1.99. The normalized spacial score (nSPS) is 10.9. The van der Waals surface area contributed by atoms with E-state index in [1.807, 2.05) is 24.3 Å². The third-order valence-electron chi connectivity index (χ3n) is 3.08. The summed E-state index contributed by atoms with van der Waals surface area (Å²) < 4.78 is 31.4. The van der Waals surface area contributed by atoms with Crippen LogP contribution in [0.3, 0.4) is 0 Å². The summed E-state index contributed by atoms with van der Waals surface area (Å²) in [6.45, 7) is 2.08. The topological polar surface area (TPSA) is 79.5 Å². The molecule has 0 radical (unpaired) electrons. The van der Waals surface area contributed by atoms with Gasteiger partial charge in [0, 0.05) is 24.0 Å². The van der Waals surface area contributed by atoms with E-state index in [-0.39, 0.29) is 4.90 Å². The van der Waals surface area contributed by atoms with Crippen molar-refractivity contribution in [3.8, 4) is 5.75 Å². The highest BCUT2D eigenvalue weighted by atomic mass is 32.2. The number of nitrogens with one attached hydrogen (secondary N) is 3. The highest BCUT2D eigenvalue weighted by molar-refractivity contribution is 7.89. The number of rotatable bonds is 6. The van der Waals surface area contributed by atoms with Gasteiger partial charge in [0.1, 0.15) is 5.75 Å². The third kappa shape index (κ3) is 4.92. The second kappa shape index (κ2) is 8.09. The number of methoxy groups -OCH3 is 1. The summed E-state index contributed by atoms with van der Waals surface area (Å²) in [5.74, 6) is 0.723. The zero-order chi connectivity index (χ0) is 17.6. The Morgan fingerprint density at radius 2 is 1.75 bits per heavy atom. The van der Waals surface area contributed by atoms with Crippen LogP contribution in [0.15, 0.2) is 53.4 Å². The molecule has 0 saturated carbocycles. The molecule has 0 aliphatic heterocycles. The molecule has 0 bridgehead atoms. The smallest absolute Gasteiger partial charge is 0.240 e. The molecule has 0 aromatic heterocycles. The molecule has 6 nitrogen and oxygen atoms in total. The fraction of sp³-hybridized carbons (Fsp3) is 0.188. The highest BCUT2D eigenvalue weighted by Crippen LogP contribution is 2.18. The first-order valence-electron chi connectivity index (χ1n) is 7.26. The molecule has 2 aromatic rings. The molecule has 0 saturated heterocycles. The van der Waals surface area contributed by atoms with Gasteiger partial charge >= 0.3 is 0 Å². The van der Waals surface area contributed by atoms with Gasteiger partial charge in [0.25, 0.3) is 0 Å². The Labute approximate surface area is 147 Å². The standard InChI is InChI=1S/C16H19N3O3S2/c1-3-17-24(20,21)15-9-7-12(8-10-15)18-16(23)19-13-5-4-6-14(11-13)22-2/h4-11,17H,3H2,1-2H3,(H2,18,19,23). The summed E-state index contributed by atoms with van der Waals surface area (Å²) in [6.07, 6.45) is 0. The van der Waals surface area contributed by atoms with Crippen LogP contribution in [-0.4, -0.2) is 27.2 Å². The predicted octanol–water partition coefficient (Wildman–Crippen LogP) is 2.80. The molecule has 3 N–H and O–H groups in total. The van der Waals surface area contributed by atoms with Crippen LogP contribution in [0.25, 0.3) is 0 Å². The van der Waals surface area contributed by atoms with Gasteiger partial charge in [-0.15, -0.1) is 0 Å². The number of hydrogen-bond acceptors (Lipinski definition) is 4.